The average molecular weight is 316 g/mol. The van der Waals surface area contributed by atoms with Crippen molar-refractivity contribution in [1.82, 2.24) is 5.32 Å². The fourth-order valence-electron chi connectivity index (χ4n) is 1.50. The molecule has 0 aliphatic rings. The third-order valence-corrected chi connectivity index (χ3v) is 3.72. The number of amides is 1. The summed E-state index contributed by atoms with van der Waals surface area (Å²) < 4.78 is 0.948. The molecule has 0 aromatic heterocycles. The highest BCUT2D eigenvalue weighted by molar-refractivity contribution is 9.10. The molecule has 5 heteroatoms. The number of aliphatic hydroxyl groups is 2. The van der Waals surface area contributed by atoms with Crippen LogP contribution < -0.4 is 5.32 Å². The summed E-state index contributed by atoms with van der Waals surface area (Å²) in [5.74, 6) is -0.297. The minimum Gasteiger partial charge on any atom is -0.394 e. The highest BCUT2D eigenvalue weighted by Crippen LogP contribution is 2.21. The van der Waals surface area contributed by atoms with Gasteiger partial charge < -0.3 is 15.5 Å². The van der Waals surface area contributed by atoms with Crippen molar-refractivity contribution in [3.05, 3.63) is 33.3 Å². The molecule has 1 aromatic carbocycles. The Morgan fingerprint density at radius 1 is 1.28 bits per heavy atom. The maximum atomic E-state index is 12.1. The highest BCUT2D eigenvalue weighted by Gasteiger charge is 2.25. The second-order valence-electron chi connectivity index (χ2n) is 4.75. The Morgan fingerprint density at radius 2 is 1.83 bits per heavy atom. The third-order valence-electron chi connectivity index (χ3n) is 2.86. The molecule has 1 rings (SSSR count). The van der Waals surface area contributed by atoms with Crippen LogP contribution in [0.2, 0.25) is 0 Å². The van der Waals surface area contributed by atoms with E-state index in [0.29, 0.717) is 5.56 Å². The molecule has 0 bridgehead atoms. The Hall–Kier alpha value is -0.910. The zero-order valence-corrected chi connectivity index (χ0v) is 12.3. The first-order valence-electron chi connectivity index (χ1n) is 5.64. The van der Waals surface area contributed by atoms with Gasteiger partial charge in [-0.05, 0) is 44.0 Å². The van der Waals surface area contributed by atoms with Gasteiger partial charge in [0.2, 0.25) is 0 Å². The SMILES string of the molecule is Cc1cc(C(=O)NC(C)(CO)CO)c(C)cc1Br. The van der Waals surface area contributed by atoms with Gasteiger partial charge in [0.1, 0.15) is 0 Å². The van der Waals surface area contributed by atoms with Crippen LogP contribution in [-0.2, 0) is 0 Å². The van der Waals surface area contributed by atoms with Gasteiger partial charge in [0.25, 0.3) is 5.91 Å². The lowest BCUT2D eigenvalue weighted by Gasteiger charge is -2.26. The fourth-order valence-corrected chi connectivity index (χ4v) is 1.95. The van der Waals surface area contributed by atoms with Crippen molar-refractivity contribution in [2.24, 2.45) is 0 Å². The number of carbonyl (C=O) groups is 1. The van der Waals surface area contributed by atoms with E-state index in [1.807, 2.05) is 19.9 Å². The first-order chi connectivity index (χ1) is 8.33. The average Bonchev–Trinajstić information content (AvgIpc) is 2.33. The molecular formula is C13H18BrNO3. The van der Waals surface area contributed by atoms with E-state index in [9.17, 15) is 4.79 Å². The molecule has 0 fully saturated rings. The summed E-state index contributed by atoms with van der Waals surface area (Å²) in [6.45, 7) is 4.70. The van der Waals surface area contributed by atoms with Crippen LogP contribution in [0.4, 0.5) is 0 Å². The van der Waals surface area contributed by atoms with E-state index in [4.69, 9.17) is 10.2 Å². The van der Waals surface area contributed by atoms with E-state index in [1.165, 1.54) is 0 Å². The number of halogens is 1. The number of carbonyl (C=O) groups excluding carboxylic acids is 1. The minimum atomic E-state index is -1.01. The lowest BCUT2D eigenvalue weighted by molar-refractivity contribution is 0.0723. The largest absolute Gasteiger partial charge is 0.394 e. The molecule has 0 aliphatic heterocycles. The number of hydrogen-bond donors (Lipinski definition) is 3. The second kappa shape index (κ2) is 5.82. The summed E-state index contributed by atoms with van der Waals surface area (Å²) in [7, 11) is 0. The predicted molar refractivity (Wildman–Crippen MR) is 73.7 cm³/mol. The molecule has 100 valence electrons. The lowest BCUT2D eigenvalue weighted by Crippen LogP contribution is -2.51. The number of aryl methyl sites for hydroxylation is 2. The molecular weight excluding hydrogens is 298 g/mol. The van der Waals surface area contributed by atoms with E-state index in [0.717, 1.165) is 15.6 Å². The minimum absolute atomic E-state index is 0.297. The van der Waals surface area contributed by atoms with E-state index in [2.05, 4.69) is 21.2 Å². The van der Waals surface area contributed by atoms with Gasteiger partial charge in [-0.15, -0.1) is 0 Å². The van der Waals surface area contributed by atoms with Crippen LogP contribution in [0.3, 0.4) is 0 Å². The molecule has 3 N–H and O–H groups in total. The Balaban J connectivity index is 3.01. The highest BCUT2D eigenvalue weighted by atomic mass is 79.9. The van der Waals surface area contributed by atoms with Crippen molar-refractivity contribution >= 4 is 21.8 Å². The van der Waals surface area contributed by atoms with Gasteiger partial charge >= 0.3 is 0 Å². The number of rotatable bonds is 4. The van der Waals surface area contributed by atoms with E-state index < -0.39 is 5.54 Å². The van der Waals surface area contributed by atoms with Gasteiger partial charge in [-0.2, -0.15) is 0 Å². The van der Waals surface area contributed by atoms with Crippen LogP contribution in [0.5, 0.6) is 0 Å². The smallest absolute Gasteiger partial charge is 0.252 e. The summed E-state index contributed by atoms with van der Waals surface area (Å²) in [4.78, 5) is 12.1. The van der Waals surface area contributed by atoms with Crippen LogP contribution >= 0.6 is 15.9 Å². The molecule has 18 heavy (non-hydrogen) atoms. The van der Waals surface area contributed by atoms with E-state index >= 15 is 0 Å². The third kappa shape index (κ3) is 3.31. The van der Waals surface area contributed by atoms with Crippen molar-refractivity contribution in [2.45, 2.75) is 26.3 Å². The van der Waals surface area contributed by atoms with Gasteiger partial charge in [-0.3, -0.25) is 4.79 Å². The van der Waals surface area contributed by atoms with Gasteiger partial charge in [0.15, 0.2) is 0 Å². The first kappa shape index (κ1) is 15.1. The number of nitrogens with one attached hydrogen (secondary N) is 1. The molecule has 0 atom stereocenters. The van der Waals surface area contributed by atoms with Crippen LogP contribution in [-0.4, -0.2) is 34.9 Å². The number of benzene rings is 1. The molecule has 1 amide bonds. The van der Waals surface area contributed by atoms with Crippen LogP contribution in [0.15, 0.2) is 16.6 Å². The summed E-state index contributed by atoms with van der Waals surface area (Å²) in [5, 5.41) is 21.0. The zero-order chi connectivity index (χ0) is 13.9. The Kier molecular flexibility index (Phi) is 4.90. The standard InChI is InChI=1S/C13H18BrNO3/c1-8-5-11(14)9(2)4-10(8)12(18)15-13(3,6-16)7-17/h4-5,16-17H,6-7H2,1-3H3,(H,15,18). The van der Waals surface area contributed by atoms with Crippen molar-refractivity contribution in [3.63, 3.8) is 0 Å². The van der Waals surface area contributed by atoms with Crippen LogP contribution in [0.1, 0.15) is 28.4 Å². The normalized spacial score (nSPS) is 11.4. The first-order valence-corrected chi connectivity index (χ1v) is 6.43. The van der Waals surface area contributed by atoms with Crippen LogP contribution in [0, 0.1) is 13.8 Å². The Labute approximate surface area is 115 Å². The molecule has 0 radical (unpaired) electrons. The maximum absolute atomic E-state index is 12.1. The van der Waals surface area contributed by atoms with Gasteiger partial charge in [0, 0.05) is 10.0 Å². The number of hydrogen-bond acceptors (Lipinski definition) is 3. The molecule has 4 nitrogen and oxygen atoms in total. The number of aliphatic hydroxyl groups excluding tert-OH is 2. The van der Waals surface area contributed by atoms with Crippen molar-refractivity contribution in [3.8, 4) is 0 Å². The summed E-state index contributed by atoms with van der Waals surface area (Å²) >= 11 is 3.41. The van der Waals surface area contributed by atoms with Gasteiger partial charge in [-0.25, -0.2) is 0 Å². The van der Waals surface area contributed by atoms with E-state index in [1.54, 1.807) is 13.0 Å². The zero-order valence-electron chi connectivity index (χ0n) is 10.7. The second-order valence-corrected chi connectivity index (χ2v) is 5.60. The Bertz CT molecular complexity index is 456. The van der Waals surface area contributed by atoms with Crippen molar-refractivity contribution < 1.29 is 15.0 Å². The van der Waals surface area contributed by atoms with Gasteiger partial charge in [0.05, 0.1) is 18.8 Å². The molecule has 0 saturated heterocycles. The summed E-state index contributed by atoms with van der Waals surface area (Å²) in [6.07, 6.45) is 0. The summed E-state index contributed by atoms with van der Waals surface area (Å²) in [5.41, 5.74) is 1.33. The molecule has 0 heterocycles. The molecule has 0 unspecified atom stereocenters. The monoisotopic (exact) mass is 315 g/mol. The van der Waals surface area contributed by atoms with E-state index in [-0.39, 0.29) is 19.1 Å². The fraction of sp³-hybridized carbons (Fsp3) is 0.462. The van der Waals surface area contributed by atoms with Crippen molar-refractivity contribution in [2.75, 3.05) is 13.2 Å². The van der Waals surface area contributed by atoms with Crippen molar-refractivity contribution in [1.29, 1.82) is 0 Å². The lowest BCUT2D eigenvalue weighted by atomic mass is 10.0. The van der Waals surface area contributed by atoms with Crippen LogP contribution in [0.25, 0.3) is 0 Å². The van der Waals surface area contributed by atoms with Gasteiger partial charge in [-0.1, -0.05) is 15.9 Å². The molecule has 0 aliphatic carbocycles. The summed E-state index contributed by atoms with van der Waals surface area (Å²) in [6, 6.07) is 3.66. The predicted octanol–water partition coefficient (Wildman–Crippen LogP) is 1.54. The quantitative estimate of drug-likeness (QED) is 0.789. The molecule has 1 aromatic rings. The topological polar surface area (TPSA) is 69.6 Å². The molecule has 0 spiro atoms. The molecule has 0 saturated carbocycles. The Morgan fingerprint density at radius 3 is 2.33 bits per heavy atom. The maximum Gasteiger partial charge on any atom is 0.252 e.